The highest BCUT2D eigenvalue weighted by Gasteiger charge is 2.19. The third-order valence-corrected chi connectivity index (χ3v) is 4.06. The maximum Gasteiger partial charge on any atom is 0.0610 e. The van der Waals surface area contributed by atoms with Crippen molar-refractivity contribution in [2.75, 3.05) is 13.7 Å². The van der Waals surface area contributed by atoms with E-state index in [0.717, 1.165) is 31.4 Å². The molecule has 1 aromatic carbocycles. The average Bonchev–Trinajstić information content (AvgIpc) is 3.01. The maximum atomic E-state index is 9.35. The minimum absolute atomic E-state index is 0.167. The number of hydrogen-bond donors (Lipinski definition) is 2. The molecule has 21 heavy (non-hydrogen) atoms. The largest absolute Gasteiger partial charge is 0.394 e. The summed E-state index contributed by atoms with van der Waals surface area (Å²) in [5.74, 6) is 0. The van der Waals surface area contributed by atoms with Gasteiger partial charge < -0.3 is 10.4 Å². The Labute approximate surface area is 126 Å². The second-order valence-corrected chi connectivity index (χ2v) is 5.78. The van der Waals surface area contributed by atoms with Crippen molar-refractivity contribution in [1.82, 2.24) is 15.1 Å². The Balaban J connectivity index is 1.81. The first-order valence-corrected chi connectivity index (χ1v) is 7.54. The van der Waals surface area contributed by atoms with Gasteiger partial charge in [-0.1, -0.05) is 30.3 Å². The molecule has 0 fully saturated rings. The van der Waals surface area contributed by atoms with Crippen LogP contribution in [-0.4, -0.2) is 34.1 Å². The van der Waals surface area contributed by atoms with Gasteiger partial charge in [-0.25, -0.2) is 0 Å². The summed E-state index contributed by atoms with van der Waals surface area (Å²) in [5.41, 5.74) is 2.19. The Morgan fingerprint density at radius 2 is 1.95 bits per heavy atom. The van der Waals surface area contributed by atoms with Gasteiger partial charge in [-0.15, -0.1) is 0 Å². The highest BCUT2D eigenvalue weighted by molar-refractivity contribution is 5.61. The van der Waals surface area contributed by atoms with Crippen LogP contribution in [0.3, 0.4) is 0 Å². The van der Waals surface area contributed by atoms with Crippen molar-refractivity contribution >= 4 is 0 Å². The first-order chi connectivity index (χ1) is 10.2. The number of likely N-dealkylation sites (N-methyl/N-ethyl adjacent to an activating group) is 1. The Bertz CT molecular complexity index is 532. The summed E-state index contributed by atoms with van der Waals surface area (Å²) >= 11 is 0. The van der Waals surface area contributed by atoms with E-state index in [0.29, 0.717) is 0 Å². The molecule has 0 aliphatic rings. The predicted octanol–water partition coefficient (Wildman–Crippen LogP) is 2.69. The quantitative estimate of drug-likeness (QED) is 0.734. The van der Waals surface area contributed by atoms with E-state index < -0.39 is 0 Å². The minimum atomic E-state index is -0.167. The van der Waals surface area contributed by atoms with Crippen molar-refractivity contribution in [1.29, 1.82) is 0 Å². The molecule has 1 unspecified atom stereocenters. The smallest absolute Gasteiger partial charge is 0.0610 e. The number of hydrogen-bond acceptors (Lipinski definition) is 3. The Hall–Kier alpha value is -1.65. The second-order valence-electron chi connectivity index (χ2n) is 5.78. The van der Waals surface area contributed by atoms with E-state index in [4.69, 9.17) is 0 Å². The summed E-state index contributed by atoms with van der Waals surface area (Å²) in [6.07, 6.45) is 7.11. The van der Waals surface area contributed by atoms with Crippen LogP contribution in [0, 0.1) is 0 Å². The standard InChI is InChI=1S/C17H25N3O/c1-17(14-21,18-2)10-6-7-11-20-13-16(12-19-20)15-8-4-3-5-9-15/h3-5,8-9,12-13,18,21H,6-7,10-11,14H2,1-2H3. The zero-order valence-electron chi connectivity index (χ0n) is 12.9. The predicted molar refractivity (Wildman–Crippen MR) is 86.1 cm³/mol. The van der Waals surface area contributed by atoms with Gasteiger partial charge in [-0.3, -0.25) is 4.68 Å². The molecule has 1 atom stereocenters. The molecule has 0 bridgehead atoms. The van der Waals surface area contributed by atoms with Crippen LogP contribution in [0.25, 0.3) is 11.1 Å². The first kappa shape index (κ1) is 15.7. The third kappa shape index (κ3) is 4.41. The summed E-state index contributed by atoms with van der Waals surface area (Å²) in [7, 11) is 1.90. The Morgan fingerprint density at radius 3 is 2.62 bits per heavy atom. The third-order valence-electron chi connectivity index (χ3n) is 4.06. The summed E-state index contributed by atoms with van der Waals surface area (Å²) in [4.78, 5) is 0. The molecule has 2 rings (SSSR count). The number of aliphatic hydroxyl groups is 1. The van der Waals surface area contributed by atoms with Gasteiger partial charge in [-0.2, -0.15) is 5.10 Å². The van der Waals surface area contributed by atoms with E-state index in [1.54, 1.807) is 0 Å². The summed E-state index contributed by atoms with van der Waals surface area (Å²) in [5, 5.41) is 16.9. The van der Waals surface area contributed by atoms with Crippen molar-refractivity contribution in [2.24, 2.45) is 0 Å². The van der Waals surface area contributed by atoms with E-state index >= 15 is 0 Å². The molecule has 0 spiro atoms. The lowest BCUT2D eigenvalue weighted by Gasteiger charge is -2.26. The molecule has 1 heterocycles. The Morgan fingerprint density at radius 1 is 1.19 bits per heavy atom. The molecule has 0 saturated heterocycles. The molecular formula is C17H25N3O. The van der Waals surface area contributed by atoms with Gasteiger partial charge >= 0.3 is 0 Å². The molecule has 114 valence electrons. The molecule has 0 aliphatic carbocycles. The molecule has 2 aromatic rings. The molecule has 4 nitrogen and oxygen atoms in total. The maximum absolute atomic E-state index is 9.35. The fourth-order valence-electron chi connectivity index (χ4n) is 2.34. The number of nitrogens with zero attached hydrogens (tertiary/aromatic N) is 2. The fraction of sp³-hybridized carbons (Fsp3) is 0.471. The molecule has 0 aliphatic heterocycles. The fourth-order valence-corrected chi connectivity index (χ4v) is 2.34. The number of aliphatic hydroxyl groups excluding tert-OH is 1. The summed E-state index contributed by atoms with van der Waals surface area (Å²) in [6.45, 7) is 3.13. The monoisotopic (exact) mass is 287 g/mol. The highest BCUT2D eigenvalue weighted by atomic mass is 16.3. The summed E-state index contributed by atoms with van der Waals surface area (Å²) in [6, 6.07) is 10.3. The zero-order valence-corrected chi connectivity index (χ0v) is 12.9. The number of benzene rings is 1. The molecule has 0 saturated carbocycles. The van der Waals surface area contributed by atoms with Crippen LogP contribution < -0.4 is 5.32 Å². The highest BCUT2D eigenvalue weighted by Crippen LogP contribution is 2.18. The van der Waals surface area contributed by atoms with Gasteiger partial charge in [0.15, 0.2) is 0 Å². The number of nitrogens with one attached hydrogen (secondary N) is 1. The van der Waals surface area contributed by atoms with Crippen molar-refractivity contribution in [3.05, 3.63) is 42.7 Å². The first-order valence-electron chi connectivity index (χ1n) is 7.54. The van der Waals surface area contributed by atoms with E-state index in [2.05, 4.69) is 35.7 Å². The molecule has 0 amide bonds. The van der Waals surface area contributed by atoms with Crippen molar-refractivity contribution in [3.63, 3.8) is 0 Å². The van der Waals surface area contributed by atoms with Crippen LogP contribution in [0.1, 0.15) is 26.2 Å². The topological polar surface area (TPSA) is 50.1 Å². The Kier molecular flexibility index (Phi) is 5.53. The molecule has 1 aromatic heterocycles. The normalized spacial score (nSPS) is 14.0. The van der Waals surface area contributed by atoms with Gasteiger partial charge in [0.05, 0.1) is 12.8 Å². The van der Waals surface area contributed by atoms with Crippen LogP contribution in [-0.2, 0) is 6.54 Å². The lowest BCUT2D eigenvalue weighted by atomic mass is 9.96. The lowest BCUT2D eigenvalue weighted by molar-refractivity contribution is 0.170. The molecule has 2 N–H and O–H groups in total. The minimum Gasteiger partial charge on any atom is -0.394 e. The zero-order chi connectivity index (χ0) is 15.1. The second kappa shape index (κ2) is 7.38. The van der Waals surface area contributed by atoms with Crippen molar-refractivity contribution in [3.8, 4) is 11.1 Å². The van der Waals surface area contributed by atoms with E-state index in [1.807, 2.05) is 36.1 Å². The van der Waals surface area contributed by atoms with E-state index in [-0.39, 0.29) is 12.1 Å². The van der Waals surface area contributed by atoms with Crippen LogP contribution in [0.4, 0.5) is 0 Å². The number of aryl methyl sites for hydroxylation is 1. The van der Waals surface area contributed by atoms with Crippen LogP contribution in [0.15, 0.2) is 42.7 Å². The van der Waals surface area contributed by atoms with Gasteiger partial charge in [0, 0.05) is 23.8 Å². The van der Waals surface area contributed by atoms with E-state index in [9.17, 15) is 5.11 Å². The summed E-state index contributed by atoms with van der Waals surface area (Å²) < 4.78 is 2.00. The van der Waals surface area contributed by atoms with Gasteiger partial charge in [0.1, 0.15) is 0 Å². The SMILES string of the molecule is CNC(C)(CO)CCCCn1cc(-c2ccccc2)cn1. The van der Waals surface area contributed by atoms with Crippen LogP contribution in [0.2, 0.25) is 0 Å². The molecule has 0 radical (unpaired) electrons. The van der Waals surface area contributed by atoms with Crippen molar-refractivity contribution in [2.45, 2.75) is 38.3 Å². The molecular weight excluding hydrogens is 262 g/mol. The van der Waals surface area contributed by atoms with Crippen molar-refractivity contribution < 1.29 is 5.11 Å². The molecule has 4 heteroatoms. The van der Waals surface area contributed by atoms with Crippen LogP contribution in [0.5, 0.6) is 0 Å². The lowest BCUT2D eigenvalue weighted by Crippen LogP contribution is -2.43. The van der Waals surface area contributed by atoms with Gasteiger partial charge in [0.2, 0.25) is 0 Å². The number of aromatic nitrogens is 2. The number of rotatable bonds is 8. The van der Waals surface area contributed by atoms with Gasteiger partial charge in [-0.05, 0) is 38.8 Å². The van der Waals surface area contributed by atoms with E-state index in [1.165, 1.54) is 5.56 Å². The number of unbranched alkanes of at least 4 members (excludes halogenated alkanes) is 1. The van der Waals surface area contributed by atoms with Crippen LogP contribution >= 0.6 is 0 Å². The van der Waals surface area contributed by atoms with Gasteiger partial charge in [0.25, 0.3) is 0 Å². The average molecular weight is 287 g/mol.